The van der Waals surface area contributed by atoms with Crippen LogP contribution in [0.1, 0.15) is 10.4 Å². The van der Waals surface area contributed by atoms with Crippen molar-refractivity contribution in [2.24, 2.45) is 4.99 Å². The molecular formula is C19H26N4O2S. The number of amidine groups is 1. The zero-order chi connectivity index (χ0) is 18.5. The highest BCUT2D eigenvalue weighted by Crippen LogP contribution is 2.39. The smallest absolute Gasteiger partial charge is 0.139 e. The van der Waals surface area contributed by atoms with Crippen LogP contribution in [0.2, 0.25) is 0 Å². The van der Waals surface area contributed by atoms with E-state index in [1.54, 1.807) is 11.3 Å². The van der Waals surface area contributed by atoms with Gasteiger partial charge in [0.25, 0.3) is 0 Å². The summed E-state index contributed by atoms with van der Waals surface area (Å²) in [6, 6.07) is 10.6. The van der Waals surface area contributed by atoms with E-state index in [-0.39, 0.29) is 13.2 Å². The first-order chi connectivity index (χ1) is 12.6. The minimum atomic E-state index is -0.125. The van der Waals surface area contributed by atoms with Crippen LogP contribution in [0, 0.1) is 6.92 Å². The third kappa shape index (κ3) is 4.24. The second kappa shape index (κ2) is 8.64. The van der Waals surface area contributed by atoms with Gasteiger partial charge in [0, 0.05) is 31.1 Å². The first-order valence-electron chi connectivity index (χ1n) is 8.83. The summed E-state index contributed by atoms with van der Waals surface area (Å²) in [6.45, 7) is 6.16. The van der Waals surface area contributed by atoms with Crippen molar-refractivity contribution in [2.75, 3.05) is 51.8 Å². The van der Waals surface area contributed by atoms with Crippen LogP contribution in [0.5, 0.6) is 0 Å². The fraction of sp³-hybridized carbons (Fsp3) is 0.421. The number of aliphatic hydroxyl groups is 2. The molecule has 2 aromatic rings. The van der Waals surface area contributed by atoms with Gasteiger partial charge in [-0.15, -0.1) is 11.3 Å². The molecule has 0 aliphatic carbocycles. The lowest BCUT2D eigenvalue weighted by Crippen LogP contribution is -2.47. The molecule has 0 radical (unpaired) electrons. The number of aryl methyl sites for hydroxylation is 1. The zero-order valence-corrected chi connectivity index (χ0v) is 16.1. The molecule has 2 aliphatic rings. The van der Waals surface area contributed by atoms with E-state index in [2.05, 4.69) is 59.4 Å². The van der Waals surface area contributed by atoms with Gasteiger partial charge in [-0.05, 0) is 32.2 Å². The second-order valence-electron chi connectivity index (χ2n) is 6.41. The quantitative estimate of drug-likeness (QED) is 0.715. The Morgan fingerprint density at radius 3 is 2.50 bits per heavy atom. The summed E-state index contributed by atoms with van der Waals surface area (Å²) in [5, 5.41) is 20.0. The van der Waals surface area contributed by atoms with Crippen molar-refractivity contribution < 1.29 is 10.2 Å². The van der Waals surface area contributed by atoms with Crippen molar-refractivity contribution in [3.05, 3.63) is 40.8 Å². The molecule has 0 bridgehead atoms. The number of fused-ring (bicyclic) bond motifs is 2. The van der Waals surface area contributed by atoms with Crippen molar-refractivity contribution in [3.8, 4) is 0 Å². The molecule has 1 aromatic carbocycles. The van der Waals surface area contributed by atoms with Crippen LogP contribution in [0.15, 0.2) is 35.3 Å². The van der Waals surface area contributed by atoms with Crippen LogP contribution in [0.3, 0.4) is 0 Å². The lowest BCUT2D eigenvalue weighted by molar-refractivity contribution is 0.186. The van der Waals surface area contributed by atoms with E-state index in [0.717, 1.165) is 43.4 Å². The summed E-state index contributed by atoms with van der Waals surface area (Å²) in [4.78, 5) is 11.1. The minimum Gasteiger partial charge on any atom is -0.394 e. The van der Waals surface area contributed by atoms with Crippen molar-refractivity contribution in [3.63, 3.8) is 0 Å². The molecule has 1 fully saturated rings. The number of thiophene rings is 1. The predicted octanol–water partition coefficient (Wildman–Crippen LogP) is 2.41. The summed E-state index contributed by atoms with van der Waals surface area (Å²) >= 11 is 1.81. The van der Waals surface area contributed by atoms with Gasteiger partial charge in [-0.1, -0.05) is 12.1 Å². The third-order valence-electron chi connectivity index (χ3n) is 4.38. The van der Waals surface area contributed by atoms with Gasteiger partial charge in [0.15, 0.2) is 0 Å². The van der Waals surface area contributed by atoms with Gasteiger partial charge in [0.05, 0.1) is 30.2 Å². The molecule has 0 amide bonds. The van der Waals surface area contributed by atoms with Crippen LogP contribution in [-0.2, 0) is 0 Å². The molecular weight excluding hydrogens is 348 g/mol. The van der Waals surface area contributed by atoms with E-state index in [9.17, 15) is 0 Å². The summed E-state index contributed by atoms with van der Waals surface area (Å²) < 4.78 is 0. The van der Waals surface area contributed by atoms with E-state index in [0.29, 0.717) is 0 Å². The number of likely N-dealkylation sites (N-methyl/N-ethyl adjacent to an activating group) is 1. The highest BCUT2D eigenvalue weighted by molar-refractivity contribution is 7.16. The lowest BCUT2D eigenvalue weighted by Gasteiger charge is -2.34. The molecule has 1 aromatic heterocycles. The van der Waals surface area contributed by atoms with Crippen LogP contribution < -0.4 is 5.32 Å². The molecule has 0 atom stereocenters. The molecule has 0 spiro atoms. The number of aliphatic imine (C=N–C) groups is 1. The monoisotopic (exact) mass is 374 g/mol. The Labute approximate surface area is 158 Å². The molecule has 0 saturated carbocycles. The molecule has 140 valence electrons. The fourth-order valence-corrected chi connectivity index (χ4v) is 3.93. The van der Waals surface area contributed by atoms with Gasteiger partial charge < -0.3 is 25.3 Å². The number of hydrogen-bond acceptors (Lipinski definition) is 7. The van der Waals surface area contributed by atoms with E-state index in [1.807, 2.05) is 0 Å². The number of para-hydroxylation sites is 2. The molecule has 0 unspecified atom stereocenters. The Hall–Kier alpha value is -1.93. The maximum Gasteiger partial charge on any atom is 0.139 e. The van der Waals surface area contributed by atoms with Crippen molar-refractivity contribution in [2.45, 2.75) is 6.92 Å². The van der Waals surface area contributed by atoms with Gasteiger partial charge in [0.2, 0.25) is 0 Å². The maximum absolute atomic E-state index is 7.62. The molecule has 3 heterocycles. The van der Waals surface area contributed by atoms with Gasteiger partial charge in [-0.25, -0.2) is 4.99 Å². The summed E-state index contributed by atoms with van der Waals surface area (Å²) in [5.74, 6) is 1.12. The van der Waals surface area contributed by atoms with E-state index in [1.165, 1.54) is 15.4 Å². The van der Waals surface area contributed by atoms with Crippen LogP contribution in [0.25, 0.3) is 0 Å². The van der Waals surface area contributed by atoms with Gasteiger partial charge in [-0.2, -0.15) is 0 Å². The SMILES string of the molecule is Cc1cc2c(s1)Nc1ccccc1N=C2N1CCN(C)CC1.OCCO. The fourth-order valence-electron chi connectivity index (χ4n) is 3.01. The average Bonchev–Trinajstić information content (AvgIpc) is 2.94. The summed E-state index contributed by atoms with van der Waals surface area (Å²) in [7, 11) is 2.18. The number of nitrogens with zero attached hydrogens (tertiary/aromatic N) is 3. The molecule has 1 saturated heterocycles. The topological polar surface area (TPSA) is 71.3 Å². The Kier molecular flexibility index (Phi) is 6.26. The largest absolute Gasteiger partial charge is 0.394 e. The number of anilines is 2. The first kappa shape index (κ1) is 18.8. The van der Waals surface area contributed by atoms with Crippen molar-refractivity contribution in [1.82, 2.24) is 9.80 Å². The van der Waals surface area contributed by atoms with E-state index in [4.69, 9.17) is 15.2 Å². The van der Waals surface area contributed by atoms with Crippen LogP contribution in [0.4, 0.5) is 16.4 Å². The summed E-state index contributed by atoms with van der Waals surface area (Å²) in [5.41, 5.74) is 3.36. The molecule has 7 heteroatoms. The molecule has 2 aliphatic heterocycles. The number of nitrogens with one attached hydrogen (secondary N) is 1. The number of aliphatic hydroxyl groups excluding tert-OH is 2. The van der Waals surface area contributed by atoms with Gasteiger partial charge >= 0.3 is 0 Å². The number of piperazine rings is 1. The Balaban J connectivity index is 0.000000447. The second-order valence-corrected chi connectivity index (χ2v) is 7.67. The highest BCUT2D eigenvalue weighted by Gasteiger charge is 2.25. The maximum atomic E-state index is 7.62. The highest BCUT2D eigenvalue weighted by atomic mass is 32.1. The van der Waals surface area contributed by atoms with Crippen LogP contribution >= 0.6 is 11.3 Å². The number of hydrogen-bond donors (Lipinski definition) is 3. The Morgan fingerprint density at radius 2 is 1.81 bits per heavy atom. The average molecular weight is 375 g/mol. The standard InChI is InChI=1S/C17H20N4S.C2H6O2/c1-12-11-13-16(21-9-7-20(2)8-10-21)18-14-5-3-4-6-15(14)19-17(13)22-12;3-1-2-4/h3-6,11,19H,7-10H2,1-2H3;3-4H,1-2H2. The predicted molar refractivity (Wildman–Crippen MR) is 108 cm³/mol. The molecule has 6 nitrogen and oxygen atoms in total. The van der Waals surface area contributed by atoms with E-state index >= 15 is 0 Å². The van der Waals surface area contributed by atoms with Crippen molar-refractivity contribution >= 4 is 33.5 Å². The van der Waals surface area contributed by atoms with Crippen LogP contribution in [-0.4, -0.2) is 72.3 Å². The number of rotatable bonds is 1. The van der Waals surface area contributed by atoms with Gasteiger partial charge in [0.1, 0.15) is 10.8 Å². The normalized spacial score (nSPS) is 16.5. The minimum absolute atomic E-state index is 0.125. The Bertz CT molecular complexity index is 765. The molecule has 26 heavy (non-hydrogen) atoms. The van der Waals surface area contributed by atoms with Crippen molar-refractivity contribution in [1.29, 1.82) is 0 Å². The van der Waals surface area contributed by atoms with E-state index < -0.39 is 0 Å². The molecule has 4 rings (SSSR count). The molecule has 3 N–H and O–H groups in total. The Morgan fingerprint density at radius 1 is 1.12 bits per heavy atom. The number of benzene rings is 1. The summed E-state index contributed by atoms with van der Waals surface area (Å²) in [6.07, 6.45) is 0. The zero-order valence-electron chi connectivity index (χ0n) is 15.3. The lowest BCUT2D eigenvalue weighted by atomic mass is 10.2. The third-order valence-corrected chi connectivity index (χ3v) is 5.34. The first-order valence-corrected chi connectivity index (χ1v) is 9.64. The van der Waals surface area contributed by atoms with Gasteiger partial charge in [-0.3, -0.25) is 0 Å².